The average molecular weight is 391 g/mol. The molecule has 1 N–H and O–H groups in total. The third-order valence-electron chi connectivity index (χ3n) is 4.24. The van der Waals surface area contributed by atoms with Gasteiger partial charge in [0, 0.05) is 23.3 Å². The Kier molecular flexibility index (Phi) is 5.94. The minimum atomic E-state index is -0.471. The van der Waals surface area contributed by atoms with Gasteiger partial charge < -0.3 is 5.32 Å². The van der Waals surface area contributed by atoms with Crippen molar-refractivity contribution in [2.75, 3.05) is 20.8 Å². The Morgan fingerprint density at radius 2 is 1.76 bits per heavy atom. The first-order valence-corrected chi connectivity index (χ1v) is 8.98. The number of amides is 1. The van der Waals surface area contributed by atoms with E-state index in [0.717, 1.165) is 5.56 Å². The summed E-state index contributed by atoms with van der Waals surface area (Å²) in [5.41, 5.74) is 2.36. The minimum Gasteiger partial charge on any atom is -0.339 e. The van der Waals surface area contributed by atoms with Crippen LogP contribution in [-0.2, 0) is 0 Å². The van der Waals surface area contributed by atoms with Gasteiger partial charge in [0.2, 0.25) is 0 Å². The first kappa shape index (κ1) is 20.1. The summed E-state index contributed by atoms with van der Waals surface area (Å²) in [6.45, 7) is 2.08. The number of nitrogens with one attached hydrogen (secondary N) is 1. The van der Waals surface area contributed by atoms with Crippen LogP contribution in [0.15, 0.2) is 54.6 Å². The molecule has 29 heavy (non-hydrogen) atoms. The van der Waals surface area contributed by atoms with Gasteiger partial charge in [-0.25, -0.2) is 9.97 Å². The minimum absolute atomic E-state index is 0.0697. The fourth-order valence-corrected chi connectivity index (χ4v) is 2.86. The fourth-order valence-electron chi connectivity index (χ4n) is 2.86. The molecule has 0 spiro atoms. The molecular formula is C21H21N5O3. The van der Waals surface area contributed by atoms with E-state index in [2.05, 4.69) is 15.3 Å². The standard InChI is InChI=1S/C21H21N5O3/c1-14-18(21(27)22-13-25(2)3)19(16-10-7-11-17(12-16)26(28)29)24-20(23-14)15-8-5-4-6-9-15/h4-12H,13H2,1-3H3,(H,22,27). The zero-order valence-corrected chi connectivity index (χ0v) is 16.4. The number of carbonyl (C=O) groups excluding carboxylic acids is 1. The highest BCUT2D eigenvalue weighted by molar-refractivity contribution is 6.01. The second-order valence-electron chi connectivity index (χ2n) is 6.77. The lowest BCUT2D eigenvalue weighted by Crippen LogP contribution is -2.34. The lowest BCUT2D eigenvalue weighted by molar-refractivity contribution is -0.384. The average Bonchev–Trinajstić information content (AvgIpc) is 2.72. The van der Waals surface area contributed by atoms with E-state index in [1.54, 1.807) is 19.1 Å². The molecular weight excluding hydrogens is 370 g/mol. The fraction of sp³-hybridized carbons (Fsp3) is 0.190. The number of benzene rings is 2. The highest BCUT2D eigenvalue weighted by atomic mass is 16.6. The first-order chi connectivity index (χ1) is 13.9. The topological polar surface area (TPSA) is 101 Å². The summed E-state index contributed by atoms with van der Waals surface area (Å²) < 4.78 is 0. The first-order valence-electron chi connectivity index (χ1n) is 8.98. The molecule has 3 rings (SSSR count). The number of nitrogens with zero attached hydrogens (tertiary/aromatic N) is 4. The van der Waals surface area contributed by atoms with Crippen LogP contribution in [0.1, 0.15) is 16.1 Å². The van der Waals surface area contributed by atoms with Crippen LogP contribution in [0.3, 0.4) is 0 Å². The predicted octanol–water partition coefficient (Wildman–Crippen LogP) is 3.28. The van der Waals surface area contributed by atoms with E-state index in [9.17, 15) is 14.9 Å². The smallest absolute Gasteiger partial charge is 0.270 e. The quantitative estimate of drug-likeness (QED) is 0.393. The molecule has 0 aliphatic heterocycles. The van der Waals surface area contributed by atoms with Crippen molar-refractivity contribution in [2.24, 2.45) is 0 Å². The lowest BCUT2D eigenvalue weighted by Gasteiger charge is -2.16. The number of hydrogen-bond donors (Lipinski definition) is 1. The highest BCUT2D eigenvalue weighted by Gasteiger charge is 2.21. The Labute approximate surface area is 168 Å². The number of nitro groups is 1. The molecule has 0 aliphatic carbocycles. The molecule has 8 heteroatoms. The molecule has 1 aromatic heterocycles. The summed E-state index contributed by atoms with van der Waals surface area (Å²) in [5.74, 6) is 0.117. The van der Waals surface area contributed by atoms with Crippen LogP contribution in [0.4, 0.5) is 5.69 Å². The Morgan fingerprint density at radius 1 is 1.07 bits per heavy atom. The van der Waals surface area contributed by atoms with Crippen LogP contribution in [0.5, 0.6) is 0 Å². The number of aromatic nitrogens is 2. The van der Waals surface area contributed by atoms with Gasteiger partial charge in [-0.05, 0) is 21.0 Å². The van der Waals surface area contributed by atoms with Crippen LogP contribution < -0.4 is 5.32 Å². The predicted molar refractivity (Wildman–Crippen MR) is 110 cm³/mol. The van der Waals surface area contributed by atoms with Gasteiger partial charge in [-0.15, -0.1) is 0 Å². The van der Waals surface area contributed by atoms with Crippen molar-refractivity contribution < 1.29 is 9.72 Å². The summed E-state index contributed by atoms with van der Waals surface area (Å²) in [5, 5.41) is 14.0. The van der Waals surface area contributed by atoms with Crippen LogP contribution in [-0.4, -0.2) is 46.5 Å². The molecule has 148 valence electrons. The van der Waals surface area contributed by atoms with E-state index in [1.165, 1.54) is 12.1 Å². The van der Waals surface area contributed by atoms with Crippen molar-refractivity contribution in [3.8, 4) is 22.6 Å². The zero-order valence-electron chi connectivity index (χ0n) is 16.4. The summed E-state index contributed by atoms with van der Waals surface area (Å²) in [6.07, 6.45) is 0. The second kappa shape index (κ2) is 8.57. The molecule has 2 aromatic carbocycles. The molecule has 0 aliphatic rings. The monoisotopic (exact) mass is 391 g/mol. The van der Waals surface area contributed by atoms with Gasteiger partial charge in [-0.3, -0.25) is 19.8 Å². The van der Waals surface area contributed by atoms with Gasteiger partial charge in [-0.1, -0.05) is 42.5 Å². The van der Waals surface area contributed by atoms with Crippen LogP contribution in [0.25, 0.3) is 22.6 Å². The van der Waals surface area contributed by atoms with Crippen molar-refractivity contribution in [1.29, 1.82) is 0 Å². The van der Waals surface area contributed by atoms with Crippen molar-refractivity contribution in [1.82, 2.24) is 20.2 Å². The van der Waals surface area contributed by atoms with E-state index in [1.807, 2.05) is 49.3 Å². The zero-order chi connectivity index (χ0) is 21.0. The molecule has 1 amide bonds. The number of hydrogen-bond acceptors (Lipinski definition) is 6. The summed E-state index contributed by atoms with van der Waals surface area (Å²) in [4.78, 5) is 34.6. The Balaban J connectivity index is 2.18. The molecule has 0 saturated carbocycles. The number of carbonyl (C=O) groups is 1. The van der Waals surface area contributed by atoms with Crippen molar-refractivity contribution >= 4 is 11.6 Å². The van der Waals surface area contributed by atoms with Crippen molar-refractivity contribution in [2.45, 2.75) is 6.92 Å². The summed E-state index contributed by atoms with van der Waals surface area (Å²) in [6, 6.07) is 15.5. The summed E-state index contributed by atoms with van der Waals surface area (Å²) >= 11 is 0. The molecule has 0 radical (unpaired) electrons. The van der Waals surface area contributed by atoms with Gasteiger partial charge in [0.15, 0.2) is 5.82 Å². The number of nitro benzene ring substituents is 1. The molecule has 0 unspecified atom stereocenters. The maximum absolute atomic E-state index is 12.9. The number of non-ortho nitro benzene ring substituents is 1. The van der Waals surface area contributed by atoms with Crippen molar-refractivity contribution in [3.05, 3.63) is 76.0 Å². The molecule has 8 nitrogen and oxygen atoms in total. The Morgan fingerprint density at radius 3 is 2.41 bits per heavy atom. The van der Waals surface area contributed by atoms with Gasteiger partial charge in [0.25, 0.3) is 11.6 Å². The number of aryl methyl sites for hydroxylation is 1. The number of rotatable bonds is 6. The maximum Gasteiger partial charge on any atom is 0.270 e. The molecule has 0 bridgehead atoms. The molecule has 1 heterocycles. The van der Waals surface area contributed by atoms with E-state index in [-0.39, 0.29) is 11.6 Å². The van der Waals surface area contributed by atoms with Gasteiger partial charge >= 0.3 is 0 Å². The second-order valence-corrected chi connectivity index (χ2v) is 6.77. The van der Waals surface area contributed by atoms with E-state index in [0.29, 0.717) is 35.0 Å². The largest absolute Gasteiger partial charge is 0.339 e. The summed E-state index contributed by atoms with van der Waals surface area (Å²) in [7, 11) is 3.67. The Hall–Kier alpha value is -3.65. The van der Waals surface area contributed by atoms with Gasteiger partial charge in [0.1, 0.15) is 0 Å². The molecule has 0 saturated heterocycles. The molecule has 0 fully saturated rings. The van der Waals surface area contributed by atoms with E-state index >= 15 is 0 Å². The lowest BCUT2D eigenvalue weighted by atomic mass is 10.0. The van der Waals surface area contributed by atoms with Gasteiger partial charge in [-0.2, -0.15) is 0 Å². The SMILES string of the molecule is Cc1nc(-c2ccccc2)nc(-c2cccc([N+](=O)[O-])c2)c1C(=O)NCN(C)C. The van der Waals surface area contributed by atoms with Crippen LogP contribution in [0.2, 0.25) is 0 Å². The normalized spacial score (nSPS) is 10.8. The molecule has 0 atom stereocenters. The van der Waals surface area contributed by atoms with E-state index < -0.39 is 4.92 Å². The Bertz CT molecular complexity index is 1050. The van der Waals surface area contributed by atoms with Crippen LogP contribution >= 0.6 is 0 Å². The maximum atomic E-state index is 12.9. The van der Waals surface area contributed by atoms with Crippen LogP contribution in [0, 0.1) is 17.0 Å². The molecule has 3 aromatic rings. The van der Waals surface area contributed by atoms with Gasteiger partial charge in [0.05, 0.1) is 28.5 Å². The third kappa shape index (κ3) is 4.61. The van der Waals surface area contributed by atoms with E-state index in [4.69, 9.17) is 0 Å². The van der Waals surface area contributed by atoms with Crippen molar-refractivity contribution in [3.63, 3.8) is 0 Å². The third-order valence-corrected chi connectivity index (χ3v) is 4.24. The highest BCUT2D eigenvalue weighted by Crippen LogP contribution is 2.29.